The van der Waals surface area contributed by atoms with E-state index in [2.05, 4.69) is 4.98 Å². The monoisotopic (exact) mass is 300 g/mol. The van der Waals surface area contributed by atoms with Gasteiger partial charge in [-0.2, -0.15) is 4.98 Å². The highest BCUT2D eigenvalue weighted by Crippen LogP contribution is 2.48. The average molecular weight is 300 g/mol. The van der Waals surface area contributed by atoms with Gasteiger partial charge in [0.15, 0.2) is 5.78 Å². The topological polar surface area (TPSA) is 61.2 Å². The fourth-order valence-corrected chi connectivity index (χ4v) is 2.65. The zero-order chi connectivity index (χ0) is 15.8. The van der Waals surface area contributed by atoms with Crippen molar-refractivity contribution in [1.29, 1.82) is 0 Å². The molecule has 0 bridgehead atoms. The Morgan fingerprint density at radius 1 is 1.48 bits per heavy atom. The van der Waals surface area contributed by atoms with Crippen molar-refractivity contribution in [2.24, 2.45) is 5.92 Å². The normalized spacial score (nSPS) is 27.8. The van der Waals surface area contributed by atoms with Gasteiger partial charge >= 0.3 is 5.69 Å². The molecule has 0 amide bonds. The minimum Gasteiger partial charge on any atom is -0.340 e. The molecule has 5 nitrogen and oxygen atoms in total. The zero-order valence-corrected chi connectivity index (χ0v) is 12.2. The summed E-state index contributed by atoms with van der Waals surface area (Å²) in [6, 6.07) is 1.50. The lowest BCUT2D eigenvalue weighted by atomic mass is 9.92. The summed E-state index contributed by atoms with van der Waals surface area (Å²) in [4.78, 5) is 27.1. The van der Waals surface area contributed by atoms with Gasteiger partial charge in [-0.25, -0.2) is 13.6 Å². The number of ketones is 1. The van der Waals surface area contributed by atoms with Gasteiger partial charge in [-0.05, 0) is 25.8 Å². The van der Waals surface area contributed by atoms with Gasteiger partial charge in [-0.3, -0.25) is 9.36 Å². The van der Waals surface area contributed by atoms with Crippen LogP contribution < -0.4 is 5.69 Å². The van der Waals surface area contributed by atoms with E-state index in [0.29, 0.717) is 12.1 Å². The van der Waals surface area contributed by atoms with Crippen LogP contribution in [0.4, 0.5) is 8.78 Å². The van der Waals surface area contributed by atoms with Crippen LogP contribution in [0.3, 0.4) is 0 Å². The van der Waals surface area contributed by atoms with Crippen LogP contribution in [0.2, 0.25) is 0 Å². The second kappa shape index (κ2) is 5.63. The Balaban J connectivity index is 2.44. The predicted molar refractivity (Wildman–Crippen MR) is 71.2 cm³/mol. The van der Waals surface area contributed by atoms with E-state index >= 15 is 0 Å². The molecule has 0 aliphatic carbocycles. The first-order valence-corrected chi connectivity index (χ1v) is 6.94. The Morgan fingerprint density at radius 3 is 2.57 bits per heavy atom. The molecule has 0 spiro atoms. The molecule has 2 heterocycles. The number of carbonyl (C=O) groups is 1. The number of nitrogens with zero attached hydrogens (tertiary/aromatic N) is 2. The number of ether oxygens (including phenoxy) is 1. The van der Waals surface area contributed by atoms with Crippen molar-refractivity contribution in [3.05, 3.63) is 28.4 Å². The Labute approximate surface area is 120 Å². The van der Waals surface area contributed by atoms with Crippen LogP contribution in [0.1, 0.15) is 39.1 Å². The third-order valence-electron chi connectivity index (χ3n) is 3.81. The van der Waals surface area contributed by atoms with Crippen molar-refractivity contribution in [2.45, 2.75) is 51.9 Å². The maximum atomic E-state index is 14.5. The lowest BCUT2D eigenvalue weighted by molar-refractivity contribution is -0.137. The number of aromatic nitrogens is 2. The third kappa shape index (κ3) is 2.62. The molecule has 116 valence electrons. The Bertz CT molecular complexity index is 600. The Morgan fingerprint density at radius 2 is 2.14 bits per heavy atom. The van der Waals surface area contributed by atoms with Crippen molar-refractivity contribution in [3.63, 3.8) is 0 Å². The van der Waals surface area contributed by atoms with E-state index in [0.717, 1.165) is 4.57 Å². The SMILES string of the molecule is CCc1ccn(C2OC(C(C)=O)C(CC)C2(F)F)c(=O)n1. The number of hydrogen-bond acceptors (Lipinski definition) is 4. The van der Waals surface area contributed by atoms with Gasteiger partial charge in [-0.15, -0.1) is 0 Å². The first-order valence-electron chi connectivity index (χ1n) is 6.94. The van der Waals surface area contributed by atoms with Gasteiger partial charge in [0.25, 0.3) is 5.92 Å². The molecule has 1 aromatic heterocycles. The number of carbonyl (C=O) groups excluding carboxylic acids is 1. The average Bonchev–Trinajstić information content (AvgIpc) is 2.69. The molecule has 1 fully saturated rings. The van der Waals surface area contributed by atoms with Crippen LogP contribution >= 0.6 is 0 Å². The van der Waals surface area contributed by atoms with Crippen molar-refractivity contribution in [3.8, 4) is 0 Å². The zero-order valence-electron chi connectivity index (χ0n) is 12.2. The summed E-state index contributed by atoms with van der Waals surface area (Å²) in [5.41, 5.74) is -0.272. The number of Topliss-reactive ketones (excluding diaryl/α,β-unsaturated/α-hetero) is 1. The molecule has 21 heavy (non-hydrogen) atoms. The van der Waals surface area contributed by atoms with Gasteiger partial charge in [-0.1, -0.05) is 13.8 Å². The van der Waals surface area contributed by atoms with E-state index in [1.54, 1.807) is 6.92 Å². The minimum absolute atomic E-state index is 0.0863. The second-order valence-electron chi connectivity index (χ2n) is 5.17. The summed E-state index contributed by atoms with van der Waals surface area (Å²) in [5, 5.41) is 0. The minimum atomic E-state index is -3.30. The molecular formula is C14H18F2N2O3. The summed E-state index contributed by atoms with van der Waals surface area (Å²) in [6.45, 7) is 4.60. The van der Waals surface area contributed by atoms with Crippen LogP contribution in [-0.2, 0) is 16.0 Å². The van der Waals surface area contributed by atoms with Crippen molar-refractivity contribution >= 4 is 5.78 Å². The standard InChI is InChI=1S/C14H18F2N2O3/c1-4-9-6-7-18(13(20)17-9)12-14(15,16)10(5-2)11(21-12)8(3)19/h6-7,10-12H,4-5H2,1-3H3. The molecule has 7 heteroatoms. The van der Waals surface area contributed by atoms with E-state index in [1.807, 2.05) is 6.92 Å². The number of halogens is 2. The molecule has 1 aromatic rings. The molecule has 3 atom stereocenters. The number of aryl methyl sites for hydroxylation is 1. The number of hydrogen-bond donors (Lipinski definition) is 0. The summed E-state index contributed by atoms with van der Waals surface area (Å²) < 4.78 is 34.9. The van der Waals surface area contributed by atoms with Crippen molar-refractivity contribution in [1.82, 2.24) is 9.55 Å². The first kappa shape index (κ1) is 15.8. The summed E-state index contributed by atoms with van der Waals surface area (Å²) in [6.07, 6.45) is -1.12. The van der Waals surface area contributed by atoms with Gasteiger partial charge in [0.05, 0.1) is 5.92 Å². The van der Waals surface area contributed by atoms with Gasteiger partial charge < -0.3 is 4.74 Å². The molecule has 0 aromatic carbocycles. The summed E-state index contributed by atoms with van der Waals surface area (Å²) >= 11 is 0. The highest BCUT2D eigenvalue weighted by molar-refractivity contribution is 5.81. The van der Waals surface area contributed by atoms with E-state index in [9.17, 15) is 18.4 Å². The summed E-state index contributed by atoms with van der Waals surface area (Å²) in [7, 11) is 0. The Kier molecular flexibility index (Phi) is 4.22. The van der Waals surface area contributed by atoms with Crippen LogP contribution in [0.15, 0.2) is 17.1 Å². The Hall–Kier alpha value is -1.63. The maximum Gasteiger partial charge on any atom is 0.350 e. The third-order valence-corrected chi connectivity index (χ3v) is 3.81. The van der Waals surface area contributed by atoms with Crippen LogP contribution in [0, 0.1) is 5.92 Å². The highest BCUT2D eigenvalue weighted by Gasteiger charge is 2.60. The molecule has 1 saturated heterocycles. The molecule has 3 unspecified atom stereocenters. The molecule has 0 saturated carbocycles. The van der Waals surface area contributed by atoms with Crippen molar-refractivity contribution in [2.75, 3.05) is 0 Å². The quantitative estimate of drug-likeness (QED) is 0.852. The second-order valence-corrected chi connectivity index (χ2v) is 5.17. The molecular weight excluding hydrogens is 282 g/mol. The maximum absolute atomic E-state index is 14.5. The lowest BCUT2D eigenvalue weighted by Gasteiger charge is -2.23. The smallest absolute Gasteiger partial charge is 0.340 e. The molecule has 2 rings (SSSR count). The predicted octanol–water partition coefficient (Wildman–Crippen LogP) is 1.95. The first-order chi connectivity index (χ1) is 9.82. The van der Waals surface area contributed by atoms with Crippen molar-refractivity contribution < 1.29 is 18.3 Å². The van der Waals surface area contributed by atoms with Crippen LogP contribution in [0.5, 0.6) is 0 Å². The van der Waals surface area contributed by atoms with E-state index in [4.69, 9.17) is 4.74 Å². The van der Waals surface area contributed by atoms with Gasteiger partial charge in [0, 0.05) is 11.9 Å². The molecule has 0 N–H and O–H groups in total. The summed E-state index contributed by atoms with van der Waals surface area (Å²) in [5.74, 6) is -5.00. The fourth-order valence-electron chi connectivity index (χ4n) is 2.65. The molecule has 1 aliphatic heterocycles. The number of alkyl halides is 2. The highest BCUT2D eigenvalue weighted by atomic mass is 19.3. The van der Waals surface area contributed by atoms with Crippen LogP contribution in [0.25, 0.3) is 0 Å². The van der Waals surface area contributed by atoms with Crippen LogP contribution in [-0.4, -0.2) is 27.4 Å². The van der Waals surface area contributed by atoms with Gasteiger partial charge in [0.2, 0.25) is 6.23 Å². The van der Waals surface area contributed by atoms with E-state index in [-0.39, 0.29) is 6.42 Å². The van der Waals surface area contributed by atoms with Gasteiger partial charge in [0.1, 0.15) is 6.10 Å². The lowest BCUT2D eigenvalue weighted by Crippen LogP contribution is -2.38. The van der Waals surface area contributed by atoms with E-state index in [1.165, 1.54) is 19.2 Å². The molecule has 1 aliphatic rings. The largest absolute Gasteiger partial charge is 0.350 e. The number of rotatable bonds is 4. The fraction of sp³-hybridized carbons (Fsp3) is 0.643. The molecule has 0 radical (unpaired) electrons. The van der Waals surface area contributed by atoms with E-state index < -0.39 is 35.6 Å².